The van der Waals surface area contributed by atoms with Gasteiger partial charge in [-0.3, -0.25) is 19.7 Å². The van der Waals surface area contributed by atoms with E-state index in [0.717, 1.165) is 18.0 Å². The summed E-state index contributed by atoms with van der Waals surface area (Å²) in [4.78, 5) is 38.0. The number of nitro groups is 1. The van der Waals surface area contributed by atoms with E-state index in [0.29, 0.717) is 11.1 Å². The highest BCUT2D eigenvalue weighted by molar-refractivity contribution is 6.05. The number of hydrazone groups is 1. The second-order valence-corrected chi connectivity index (χ2v) is 7.91. The number of anilines is 1. The number of nitrogens with zero attached hydrogens (tertiary/aromatic N) is 3. The molecule has 0 heterocycles. The summed E-state index contributed by atoms with van der Waals surface area (Å²) < 4.78 is 4.95. The molecule has 11 heteroatoms. The zero-order chi connectivity index (χ0) is 26.9. The van der Waals surface area contributed by atoms with Crippen molar-refractivity contribution >= 4 is 35.5 Å². The van der Waals surface area contributed by atoms with E-state index in [-0.39, 0.29) is 17.0 Å². The summed E-state index contributed by atoms with van der Waals surface area (Å²) in [5.74, 6) is -1.96. The van der Waals surface area contributed by atoms with Crippen LogP contribution in [0, 0.1) is 10.1 Å². The summed E-state index contributed by atoms with van der Waals surface area (Å²) in [5.41, 5.74) is 3.82. The zero-order valence-corrected chi connectivity index (χ0v) is 20.3. The highest BCUT2D eigenvalue weighted by atomic mass is 16.6. The van der Waals surface area contributed by atoms with Crippen molar-refractivity contribution in [3.05, 3.63) is 99.2 Å². The van der Waals surface area contributed by atoms with E-state index >= 15 is 0 Å². The van der Waals surface area contributed by atoms with Crippen molar-refractivity contribution in [2.75, 3.05) is 26.1 Å². The first-order valence-corrected chi connectivity index (χ1v) is 10.9. The number of carbonyl (C=O) groups is 2. The van der Waals surface area contributed by atoms with E-state index in [1.165, 1.54) is 19.3 Å². The molecule has 3 aromatic carbocycles. The number of hydrogen-bond acceptors (Lipinski definition) is 8. The number of benzene rings is 3. The monoisotopic (exact) mass is 503 g/mol. The third-order valence-electron chi connectivity index (χ3n) is 5.12. The average molecular weight is 504 g/mol. The molecule has 190 valence electrons. The maximum Gasteiger partial charge on any atom is 0.315 e. The van der Waals surface area contributed by atoms with Gasteiger partial charge in [0.25, 0.3) is 11.8 Å². The number of carbonyl (C=O) groups excluding carboxylic acids is 2. The third kappa shape index (κ3) is 6.92. The lowest BCUT2D eigenvalue weighted by atomic mass is 10.1. The molecular weight excluding hydrogens is 478 g/mol. The van der Waals surface area contributed by atoms with Crippen molar-refractivity contribution in [1.29, 1.82) is 0 Å². The number of ether oxygens (including phenoxy) is 1. The molecule has 11 nitrogen and oxygen atoms in total. The van der Waals surface area contributed by atoms with Crippen LogP contribution >= 0.6 is 0 Å². The molecular formula is C26H25N5O6. The Morgan fingerprint density at radius 2 is 1.73 bits per heavy atom. The molecule has 0 saturated carbocycles. The second-order valence-electron chi connectivity index (χ2n) is 7.91. The molecule has 0 aliphatic carbocycles. The van der Waals surface area contributed by atoms with Crippen LogP contribution in [0.15, 0.2) is 77.5 Å². The number of aromatic hydroxyl groups is 1. The average Bonchev–Trinajstić information content (AvgIpc) is 2.89. The van der Waals surface area contributed by atoms with Crippen LogP contribution in [0.2, 0.25) is 0 Å². The molecule has 0 fully saturated rings. The molecule has 0 atom stereocenters. The molecule has 0 bridgehead atoms. The minimum Gasteiger partial charge on any atom is -0.500 e. The number of phenolic OH excluding ortho intramolecular Hbond substituents is 1. The summed E-state index contributed by atoms with van der Waals surface area (Å²) in [7, 11) is 5.05. The predicted octanol–water partition coefficient (Wildman–Crippen LogP) is 3.30. The van der Waals surface area contributed by atoms with Crippen molar-refractivity contribution < 1.29 is 24.4 Å². The molecule has 3 N–H and O–H groups in total. The quantitative estimate of drug-likeness (QED) is 0.176. The molecule has 2 amide bonds. The number of nitro benzene ring substituents is 1. The standard InChI is InChI=1S/C26H25N5O6/c1-30(2)20-11-9-17(10-12-20)13-21(28-25(33)19-7-5-4-6-8-19)26(34)29-27-16-18-14-22(31(35)36)24(32)23(15-18)37-3/h4-16,32H,1-3H3,(H,28,33)(H,29,34). The Balaban J connectivity index is 1.86. The number of amides is 2. The van der Waals surface area contributed by atoms with Crippen LogP contribution < -0.4 is 20.4 Å². The Bertz CT molecular complexity index is 1350. The van der Waals surface area contributed by atoms with Crippen molar-refractivity contribution in [2.45, 2.75) is 0 Å². The van der Waals surface area contributed by atoms with Crippen molar-refractivity contribution in [2.24, 2.45) is 5.10 Å². The molecule has 0 spiro atoms. The SMILES string of the molecule is COc1cc(C=NNC(=O)C(=Cc2ccc(N(C)C)cc2)NC(=O)c2ccccc2)cc([N+](=O)[O-])c1O. The highest BCUT2D eigenvalue weighted by Gasteiger charge is 2.19. The van der Waals surface area contributed by atoms with Gasteiger partial charge < -0.3 is 20.1 Å². The van der Waals surface area contributed by atoms with Crippen molar-refractivity contribution in [3.63, 3.8) is 0 Å². The number of hydrogen-bond donors (Lipinski definition) is 3. The van der Waals surface area contributed by atoms with Gasteiger partial charge >= 0.3 is 5.69 Å². The second kappa shape index (κ2) is 12.0. The van der Waals surface area contributed by atoms with E-state index in [4.69, 9.17) is 4.74 Å². The number of rotatable bonds is 9. The fourth-order valence-corrected chi connectivity index (χ4v) is 3.19. The minimum absolute atomic E-state index is 0.0714. The van der Waals surface area contributed by atoms with Crippen LogP contribution in [0.4, 0.5) is 11.4 Å². The topological polar surface area (TPSA) is 146 Å². The molecule has 0 aliphatic rings. The first-order chi connectivity index (χ1) is 17.7. The zero-order valence-electron chi connectivity index (χ0n) is 20.3. The summed E-state index contributed by atoms with van der Waals surface area (Å²) in [6, 6.07) is 18.1. The molecule has 0 saturated heterocycles. The first-order valence-electron chi connectivity index (χ1n) is 10.9. The lowest BCUT2D eigenvalue weighted by Gasteiger charge is -2.12. The lowest BCUT2D eigenvalue weighted by molar-refractivity contribution is -0.386. The summed E-state index contributed by atoms with van der Waals surface area (Å²) in [5, 5.41) is 27.5. The molecule has 0 aromatic heterocycles. The van der Waals surface area contributed by atoms with Gasteiger partial charge in [-0.05, 0) is 42.0 Å². The summed E-state index contributed by atoms with van der Waals surface area (Å²) in [6.07, 6.45) is 2.65. The predicted molar refractivity (Wildman–Crippen MR) is 140 cm³/mol. The minimum atomic E-state index is -0.769. The smallest absolute Gasteiger partial charge is 0.315 e. The van der Waals surface area contributed by atoms with Gasteiger partial charge in [0.1, 0.15) is 5.70 Å². The van der Waals surface area contributed by atoms with Gasteiger partial charge in [0, 0.05) is 37.0 Å². The lowest BCUT2D eigenvalue weighted by Crippen LogP contribution is -2.32. The Morgan fingerprint density at radius 1 is 1.05 bits per heavy atom. The molecule has 37 heavy (non-hydrogen) atoms. The van der Waals surface area contributed by atoms with Gasteiger partial charge in [0.2, 0.25) is 5.75 Å². The van der Waals surface area contributed by atoms with E-state index < -0.39 is 28.2 Å². The van der Waals surface area contributed by atoms with Gasteiger partial charge in [-0.25, -0.2) is 5.43 Å². The maximum atomic E-state index is 12.9. The fourth-order valence-electron chi connectivity index (χ4n) is 3.19. The van der Waals surface area contributed by atoms with E-state index in [1.807, 2.05) is 31.1 Å². The highest BCUT2D eigenvalue weighted by Crippen LogP contribution is 2.36. The van der Waals surface area contributed by atoms with Crippen LogP contribution in [0.5, 0.6) is 11.5 Å². The normalized spacial score (nSPS) is 11.2. The Hall–Kier alpha value is -5.19. The van der Waals surface area contributed by atoms with Gasteiger partial charge in [-0.15, -0.1) is 0 Å². The molecule has 3 rings (SSSR count). The van der Waals surface area contributed by atoms with E-state index in [1.54, 1.807) is 42.5 Å². The Labute approximate surface area is 212 Å². The number of methoxy groups -OCH3 is 1. The first kappa shape index (κ1) is 26.4. The fraction of sp³-hybridized carbons (Fsp3) is 0.115. The maximum absolute atomic E-state index is 12.9. The van der Waals surface area contributed by atoms with Crippen LogP contribution in [0.3, 0.4) is 0 Å². The number of nitrogens with one attached hydrogen (secondary N) is 2. The van der Waals surface area contributed by atoms with Crippen molar-refractivity contribution in [1.82, 2.24) is 10.7 Å². The number of phenols is 1. The van der Waals surface area contributed by atoms with Gasteiger partial charge in [0.15, 0.2) is 5.75 Å². The van der Waals surface area contributed by atoms with Crippen LogP contribution in [-0.4, -0.2) is 49.3 Å². The molecule has 0 radical (unpaired) electrons. The van der Waals surface area contributed by atoms with Crippen LogP contribution in [0.25, 0.3) is 6.08 Å². The van der Waals surface area contributed by atoms with Gasteiger partial charge in [-0.1, -0.05) is 30.3 Å². The summed E-state index contributed by atoms with van der Waals surface area (Å²) >= 11 is 0. The molecule has 3 aromatic rings. The third-order valence-corrected chi connectivity index (χ3v) is 5.12. The Morgan fingerprint density at radius 3 is 2.32 bits per heavy atom. The van der Waals surface area contributed by atoms with Crippen LogP contribution in [0.1, 0.15) is 21.5 Å². The van der Waals surface area contributed by atoms with Crippen molar-refractivity contribution in [3.8, 4) is 11.5 Å². The molecule has 0 unspecified atom stereocenters. The van der Waals surface area contributed by atoms with Gasteiger partial charge in [-0.2, -0.15) is 5.10 Å². The van der Waals surface area contributed by atoms with E-state index in [9.17, 15) is 24.8 Å². The van der Waals surface area contributed by atoms with Gasteiger partial charge in [0.05, 0.1) is 18.2 Å². The van der Waals surface area contributed by atoms with Crippen LogP contribution in [-0.2, 0) is 4.79 Å². The Kier molecular flexibility index (Phi) is 8.55. The molecule has 0 aliphatic heterocycles. The van der Waals surface area contributed by atoms with E-state index in [2.05, 4.69) is 15.8 Å². The largest absolute Gasteiger partial charge is 0.500 e. The summed E-state index contributed by atoms with van der Waals surface area (Å²) in [6.45, 7) is 0.